The number of hydrogen-bond acceptors (Lipinski definition) is 6. The van der Waals surface area contributed by atoms with Gasteiger partial charge in [-0.1, -0.05) is 6.07 Å². The molecule has 2 aromatic rings. The van der Waals surface area contributed by atoms with Crippen LogP contribution in [0, 0.1) is 0 Å². The molecule has 0 aromatic carbocycles. The van der Waals surface area contributed by atoms with E-state index in [4.69, 9.17) is 5.73 Å². The van der Waals surface area contributed by atoms with E-state index in [0.29, 0.717) is 10.8 Å². The van der Waals surface area contributed by atoms with Crippen molar-refractivity contribution in [3.05, 3.63) is 33.5 Å². The van der Waals surface area contributed by atoms with Crippen molar-refractivity contribution in [2.24, 2.45) is 0 Å². The molecule has 0 radical (unpaired) electrons. The Labute approximate surface area is 132 Å². The van der Waals surface area contributed by atoms with Gasteiger partial charge in [-0.05, 0) is 17.9 Å². The quantitative estimate of drug-likeness (QED) is 0.940. The van der Waals surface area contributed by atoms with Crippen LogP contribution in [-0.4, -0.2) is 46.9 Å². The molecule has 1 saturated heterocycles. The van der Waals surface area contributed by atoms with Crippen molar-refractivity contribution in [3.8, 4) is 0 Å². The molecule has 5 nitrogen and oxygen atoms in total. The first-order valence-corrected chi connectivity index (χ1v) is 8.73. The van der Waals surface area contributed by atoms with E-state index in [1.807, 2.05) is 4.90 Å². The number of aromatic nitrogens is 1. The SMILES string of the molecule is Nc1nc(C(=O)N2CCCN(Cc3cccs3)CC2)cs1. The molecule has 7 heteroatoms. The second-order valence-electron chi connectivity index (χ2n) is 5.07. The van der Waals surface area contributed by atoms with Crippen LogP contribution in [0.15, 0.2) is 22.9 Å². The summed E-state index contributed by atoms with van der Waals surface area (Å²) in [5.74, 6) is 0.000855. The monoisotopic (exact) mass is 322 g/mol. The van der Waals surface area contributed by atoms with Crippen LogP contribution < -0.4 is 5.73 Å². The molecule has 0 bridgehead atoms. The predicted octanol–water partition coefficient (Wildman–Crippen LogP) is 2.13. The van der Waals surface area contributed by atoms with Gasteiger partial charge in [0, 0.05) is 43.0 Å². The van der Waals surface area contributed by atoms with Crippen molar-refractivity contribution in [1.82, 2.24) is 14.8 Å². The number of thiazole rings is 1. The highest BCUT2D eigenvalue weighted by Crippen LogP contribution is 2.16. The molecule has 0 aliphatic carbocycles. The molecule has 1 aliphatic heterocycles. The Morgan fingerprint density at radius 2 is 2.19 bits per heavy atom. The molecule has 0 unspecified atom stereocenters. The first-order chi connectivity index (χ1) is 10.2. The Kier molecular flexibility index (Phi) is 4.52. The lowest BCUT2D eigenvalue weighted by Crippen LogP contribution is -2.35. The van der Waals surface area contributed by atoms with E-state index in [1.54, 1.807) is 16.7 Å². The van der Waals surface area contributed by atoms with Gasteiger partial charge in [0.15, 0.2) is 5.13 Å². The largest absolute Gasteiger partial charge is 0.375 e. The maximum Gasteiger partial charge on any atom is 0.273 e. The van der Waals surface area contributed by atoms with Crippen molar-refractivity contribution in [2.75, 3.05) is 31.9 Å². The highest BCUT2D eigenvalue weighted by atomic mass is 32.1. The first kappa shape index (κ1) is 14.5. The van der Waals surface area contributed by atoms with Gasteiger partial charge in [-0.3, -0.25) is 9.69 Å². The summed E-state index contributed by atoms with van der Waals surface area (Å²) in [5, 5.41) is 4.30. The summed E-state index contributed by atoms with van der Waals surface area (Å²) in [6, 6.07) is 4.25. The van der Waals surface area contributed by atoms with E-state index in [0.717, 1.165) is 39.1 Å². The topological polar surface area (TPSA) is 62.5 Å². The number of nitrogens with two attached hydrogens (primary N) is 1. The Morgan fingerprint density at radius 1 is 1.29 bits per heavy atom. The fourth-order valence-electron chi connectivity index (χ4n) is 2.50. The van der Waals surface area contributed by atoms with Crippen LogP contribution in [0.3, 0.4) is 0 Å². The number of nitrogen functional groups attached to an aromatic ring is 1. The fourth-order valence-corrected chi connectivity index (χ4v) is 3.79. The van der Waals surface area contributed by atoms with Gasteiger partial charge in [0.2, 0.25) is 0 Å². The molecule has 112 valence electrons. The van der Waals surface area contributed by atoms with E-state index in [2.05, 4.69) is 27.4 Å². The molecule has 0 atom stereocenters. The summed E-state index contributed by atoms with van der Waals surface area (Å²) in [7, 11) is 0. The zero-order valence-corrected chi connectivity index (χ0v) is 13.3. The van der Waals surface area contributed by atoms with Gasteiger partial charge < -0.3 is 10.6 Å². The van der Waals surface area contributed by atoms with Gasteiger partial charge in [-0.15, -0.1) is 22.7 Å². The average molecular weight is 322 g/mol. The van der Waals surface area contributed by atoms with Gasteiger partial charge in [0.05, 0.1) is 0 Å². The molecule has 3 heterocycles. The highest BCUT2D eigenvalue weighted by Gasteiger charge is 2.22. The van der Waals surface area contributed by atoms with Crippen molar-refractivity contribution in [3.63, 3.8) is 0 Å². The summed E-state index contributed by atoms with van der Waals surface area (Å²) >= 11 is 3.10. The Morgan fingerprint density at radius 3 is 2.90 bits per heavy atom. The van der Waals surface area contributed by atoms with E-state index in [9.17, 15) is 4.79 Å². The van der Waals surface area contributed by atoms with E-state index in [-0.39, 0.29) is 5.91 Å². The van der Waals surface area contributed by atoms with Crippen molar-refractivity contribution >= 4 is 33.7 Å². The van der Waals surface area contributed by atoms with Crippen molar-refractivity contribution < 1.29 is 4.79 Å². The summed E-state index contributed by atoms with van der Waals surface area (Å²) in [5.41, 5.74) is 6.08. The van der Waals surface area contributed by atoms with E-state index < -0.39 is 0 Å². The lowest BCUT2D eigenvalue weighted by atomic mass is 10.3. The van der Waals surface area contributed by atoms with Gasteiger partial charge >= 0.3 is 0 Å². The third-order valence-corrected chi connectivity index (χ3v) is 5.11. The summed E-state index contributed by atoms with van der Waals surface area (Å²) in [6.07, 6.45) is 0.997. The molecular weight excluding hydrogens is 304 g/mol. The number of nitrogens with zero attached hydrogens (tertiary/aromatic N) is 3. The minimum atomic E-state index is 0.000855. The maximum absolute atomic E-state index is 12.4. The summed E-state index contributed by atoms with van der Waals surface area (Å²) < 4.78 is 0. The van der Waals surface area contributed by atoms with Crippen LogP contribution in [0.4, 0.5) is 5.13 Å². The van der Waals surface area contributed by atoms with Gasteiger partial charge in [-0.2, -0.15) is 0 Å². The Bertz CT molecular complexity index is 596. The molecule has 21 heavy (non-hydrogen) atoms. The Hall–Kier alpha value is -1.44. The number of anilines is 1. The van der Waals surface area contributed by atoms with Gasteiger partial charge in [0.25, 0.3) is 5.91 Å². The second-order valence-corrected chi connectivity index (χ2v) is 6.99. The van der Waals surface area contributed by atoms with Gasteiger partial charge in [0.1, 0.15) is 5.69 Å². The van der Waals surface area contributed by atoms with E-state index in [1.165, 1.54) is 16.2 Å². The van der Waals surface area contributed by atoms with Crippen LogP contribution in [0.25, 0.3) is 0 Å². The maximum atomic E-state index is 12.4. The van der Waals surface area contributed by atoms with Gasteiger partial charge in [-0.25, -0.2) is 4.98 Å². The molecule has 0 spiro atoms. The molecule has 2 N–H and O–H groups in total. The standard InChI is InChI=1S/C14H18N4OS2/c15-14-16-12(10-21-14)13(19)18-5-2-4-17(6-7-18)9-11-3-1-8-20-11/h1,3,8,10H,2,4-7,9H2,(H2,15,16). The second kappa shape index (κ2) is 6.55. The fraction of sp³-hybridized carbons (Fsp3) is 0.429. The number of rotatable bonds is 3. The first-order valence-electron chi connectivity index (χ1n) is 6.97. The van der Waals surface area contributed by atoms with Crippen LogP contribution >= 0.6 is 22.7 Å². The molecule has 1 fully saturated rings. The lowest BCUT2D eigenvalue weighted by molar-refractivity contribution is 0.0756. The number of thiophene rings is 1. The predicted molar refractivity (Wildman–Crippen MR) is 86.6 cm³/mol. The van der Waals surface area contributed by atoms with Crippen molar-refractivity contribution in [1.29, 1.82) is 0 Å². The molecule has 1 amide bonds. The molecular formula is C14H18N4OS2. The normalized spacial score (nSPS) is 16.9. The third-order valence-electron chi connectivity index (χ3n) is 3.58. The molecule has 3 rings (SSSR count). The number of amides is 1. The smallest absolute Gasteiger partial charge is 0.273 e. The summed E-state index contributed by atoms with van der Waals surface area (Å²) in [6.45, 7) is 4.45. The number of carbonyl (C=O) groups excluding carboxylic acids is 1. The molecule has 2 aromatic heterocycles. The van der Waals surface area contributed by atoms with Crippen LogP contribution in [0.5, 0.6) is 0 Å². The molecule has 0 saturated carbocycles. The third kappa shape index (κ3) is 3.61. The Balaban J connectivity index is 1.59. The highest BCUT2D eigenvalue weighted by molar-refractivity contribution is 7.13. The molecule has 1 aliphatic rings. The minimum Gasteiger partial charge on any atom is -0.375 e. The zero-order chi connectivity index (χ0) is 14.7. The zero-order valence-electron chi connectivity index (χ0n) is 11.7. The average Bonchev–Trinajstić information content (AvgIpc) is 3.07. The summed E-state index contributed by atoms with van der Waals surface area (Å²) in [4.78, 5) is 22.2. The van der Waals surface area contributed by atoms with Crippen LogP contribution in [0.1, 0.15) is 21.8 Å². The number of hydrogen-bond donors (Lipinski definition) is 1. The van der Waals surface area contributed by atoms with Crippen LogP contribution in [-0.2, 0) is 6.54 Å². The minimum absolute atomic E-state index is 0.000855. The van der Waals surface area contributed by atoms with Crippen molar-refractivity contribution in [2.45, 2.75) is 13.0 Å². The van der Waals surface area contributed by atoms with Crippen LogP contribution in [0.2, 0.25) is 0 Å². The van der Waals surface area contributed by atoms with E-state index >= 15 is 0 Å². The lowest BCUT2D eigenvalue weighted by Gasteiger charge is -2.21. The number of carbonyl (C=O) groups is 1.